The van der Waals surface area contributed by atoms with E-state index in [0.717, 1.165) is 4.70 Å². The monoisotopic (exact) mass is 551 g/mol. The van der Waals surface area contributed by atoms with Crippen molar-refractivity contribution in [1.29, 1.82) is 5.26 Å². The molecule has 196 valence electrons. The van der Waals surface area contributed by atoms with Gasteiger partial charge in [0.25, 0.3) is 5.91 Å². The Bertz CT molecular complexity index is 1600. The van der Waals surface area contributed by atoms with E-state index in [1.165, 1.54) is 37.7 Å². The molecule has 1 heterocycles. The Morgan fingerprint density at radius 2 is 1.74 bits per heavy atom. The van der Waals surface area contributed by atoms with Crippen molar-refractivity contribution in [1.82, 2.24) is 4.98 Å². The summed E-state index contributed by atoms with van der Waals surface area (Å²) in [6.07, 6.45) is -1.13. The summed E-state index contributed by atoms with van der Waals surface area (Å²) < 4.78 is 42.1. The highest BCUT2D eigenvalue weighted by molar-refractivity contribution is 7.91. The number of methoxy groups -OCH3 is 2. The zero-order chi connectivity index (χ0) is 27.4. The number of rotatable bonds is 9. The average Bonchev–Trinajstić information content (AvgIpc) is 3.32. The maximum Gasteiger partial charge on any atom is 0.271 e. The Morgan fingerprint density at radius 3 is 2.34 bits per heavy atom. The molecule has 0 saturated carbocycles. The molecule has 0 aliphatic carbocycles. The van der Waals surface area contributed by atoms with Gasteiger partial charge in [0.15, 0.2) is 26.5 Å². The van der Waals surface area contributed by atoms with Crippen molar-refractivity contribution < 1.29 is 27.4 Å². The van der Waals surface area contributed by atoms with Gasteiger partial charge in [-0.15, -0.1) is 0 Å². The van der Waals surface area contributed by atoms with Gasteiger partial charge in [-0.3, -0.25) is 10.1 Å². The predicted molar refractivity (Wildman–Crippen MR) is 145 cm³/mol. The molecule has 1 unspecified atom stereocenters. The first-order chi connectivity index (χ1) is 18.2. The highest BCUT2D eigenvalue weighted by Crippen LogP contribution is 2.37. The minimum absolute atomic E-state index is 0.0373. The van der Waals surface area contributed by atoms with Crippen LogP contribution in [0.25, 0.3) is 10.2 Å². The number of aromatic nitrogens is 1. The maximum absolute atomic E-state index is 13.5. The lowest BCUT2D eigenvalue weighted by Crippen LogP contribution is -2.26. The third kappa shape index (κ3) is 5.56. The maximum atomic E-state index is 13.5. The average molecular weight is 552 g/mol. The fourth-order valence-corrected chi connectivity index (χ4v) is 5.51. The second-order valence-corrected chi connectivity index (χ2v) is 11.6. The van der Waals surface area contributed by atoms with Crippen LogP contribution in [0.3, 0.4) is 0 Å². The molecule has 0 aliphatic rings. The summed E-state index contributed by atoms with van der Waals surface area (Å²) in [4.78, 5) is 18.2. The summed E-state index contributed by atoms with van der Waals surface area (Å²) in [5.41, 5.74) is 2.21. The third-order valence-corrected chi connectivity index (χ3v) is 8.52. The van der Waals surface area contributed by atoms with Gasteiger partial charge in [0.1, 0.15) is 5.75 Å². The Hall–Kier alpha value is -4.14. The van der Waals surface area contributed by atoms with Crippen molar-refractivity contribution >= 4 is 42.4 Å². The molecule has 0 fully saturated rings. The topological polar surface area (TPSA) is 128 Å². The van der Waals surface area contributed by atoms with E-state index in [1.54, 1.807) is 56.3 Å². The van der Waals surface area contributed by atoms with Gasteiger partial charge in [-0.05, 0) is 42.8 Å². The third-order valence-electron chi connectivity index (χ3n) is 5.83. The van der Waals surface area contributed by atoms with Crippen molar-refractivity contribution in [2.75, 3.05) is 25.3 Å². The van der Waals surface area contributed by atoms with E-state index in [-0.39, 0.29) is 10.6 Å². The molecule has 1 N–H and O–H groups in total. The summed E-state index contributed by atoms with van der Waals surface area (Å²) in [5.74, 6) is 0.930. The van der Waals surface area contributed by atoms with Gasteiger partial charge in [0.2, 0.25) is 6.10 Å². The first-order valence-corrected chi connectivity index (χ1v) is 14.0. The van der Waals surface area contributed by atoms with Gasteiger partial charge in [-0.1, -0.05) is 30.4 Å². The summed E-state index contributed by atoms with van der Waals surface area (Å²) in [6, 6.07) is 16.5. The lowest BCUT2D eigenvalue weighted by molar-refractivity contribution is -0.123. The second-order valence-electron chi connectivity index (χ2n) is 8.25. The zero-order valence-corrected chi connectivity index (χ0v) is 22.8. The quantitative estimate of drug-likeness (QED) is 0.306. The van der Waals surface area contributed by atoms with Crippen LogP contribution in [0.15, 0.2) is 59.5 Å². The van der Waals surface area contributed by atoms with Gasteiger partial charge in [-0.2, -0.15) is 5.26 Å². The Kier molecular flexibility index (Phi) is 7.85. The molecule has 1 atom stereocenters. The number of nitrogens with zero attached hydrogens (tertiary/aromatic N) is 2. The van der Waals surface area contributed by atoms with Crippen LogP contribution >= 0.6 is 11.3 Å². The molecule has 0 radical (unpaired) electrons. The van der Waals surface area contributed by atoms with Gasteiger partial charge < -0.3 is 14.2 Å². The number of fused-ring (bicyclic) bond motifs is 1. The lowest BCUT2D eigenvalue weighted by atomic mass is 10.1. The number of hydrogen-bond donors (Lipinski definition) is 1. The van der Waals surface area contributed by atoms with Gasteiger partial charge in [-0.25, -0.2) is 13.4 Å². The molecular formula is C27H25N3O6S2. The standard InChI is InChI=1S/C27H25N3O6S2/c1-5-38(32,33)19-9-7-18(8-10-19)25(36-21-11-6-17(15-28)12-16(21)2)26(31)30-27-29-20-13-22(34-3)23(35-4)14-24(20)37-27/h6-14,25H,5H2,1-4H3,(H,29,30,31). The Labute approximate surface area is 224 Å². The van der Waals surface area contributed by atoms with E-state index < -0.39 is 21.8 Å². The number of hydrogen-bond acceptors (Lipinski definition) is 9. The number of carbonyl (C=O) groups excluding carboxylic acids is 1. The molecule has 0 spiro atoms. The van der Waals surface area contributed by atoms with Crippen molar-refractivity contribution in [2.45, 2.75) is 24.8 Å². The zero-order valence-electron chi connectivity index (χ0n) is 21.1. The van der Waals surface area contributed by atoms with Crippen molar-refractivity contribution in [3.05, 3.63) is 71.3 Å². The highest BCUT2D eigenvalue weighted by Gasteiger charge is 2.26. The SMILES string of the molecule is CCS(=O)(=O)c1ccc(C(Oc2ccc(C#N)cc2C)C(=O)Nc2nc3cc(OC)c(OC)cc3s2)cc1. The summed E-state index contributed by atoms with van der Waals surface area (Å²) in [7, 11) is -0.340. The van der Waals surface area contributed by atoms with Gasteiger partial charge in [0, 0.05) is 17.7 Å². The van der Waals surface area contributed by atoms with E-state index in [0.29, 0.717) is 44.6 Å². The molecule has 38 heavy (non-hydrogen) atoms. The van der Waals surface area contributed by atoms with E-state index in [1.807, 2.05) is 0 Å². The van der Waals surface area contributed by atoms with E-state index >= 15 is 0 Å². The molecule has 0 saturated heterocycles. The predicted octanol–water partition coefficient (Wildman–Crippen LogP) is 5.05. The van der Waals surface area contributed by atoms with E-state index in [2.05, 4.69) is 16.4 Å². The number of amides is 1. The second kappa shape index (κ2) is 11.1. The van der Waals surface area contributed by atoms with Crippen LogP contribution in [0, 0.1) is 18.3 Å². The van der Waals surface area contributed by atoms with Crippen LogP contribution < -0.4 is 19.5 Å². The fourth-order valence-electron chi connectivity index (χ4n) is 3.75. The molecule has 11 heteroatoms. The molecule has 1 amide bonds. The first-order valence-electron chi connectivity index (χ1n) is 11.5. The van der Waals surface area contributed by atoms with Crippen molar-refractivity contribution in [3.63, 3.8) is 0 Å². The summed E-state index contributed by atoms with van der Waals surface area (Å²) >= 11 is 1.26. The Morgan fingerprint density at radius 1 is 1.05 bits per heavy atom. The van der Waals surface area contributed by atoms with Crippen LogP contribution in [-0.2, 0) is 14.6 Å². The number of ether oxygens (including phenoxy) is 3. The lowest BCUT2D eigenvalue weighted by Gasteiger charge is -2.20. The van der Waals surface area contributed by atoms with Crippen LogP contribution in [0.2, 0.25) is 0 Å². The van der Waals surface area contributed by atoms with Crippen LogP contribution in [0.1, 0.15) is 29.7 Å². The van der Waals surface area contributed by atoms with Crippen LogP contribution in [-0.4, -0.2) is 39.3 Å². The number of anilines is 1. The smallest absolute Gasteiger partial charge is 0.271 e. The summed E-state index contributed by atoms with van der Waals surface area (Å²) in [5, 5.41) is 12.3. The molecule has 0 bridgehead atoms. The number of carbonyl (C=O) groups is 1. The number of sulfone groups is 1. The minimum Gasteiger partial charge on any atom is -0.493 e. The van der Waals surface area contributed by atoms with Crippen LogP contribution in [0.4, 0.5) is 5.13 Å². The molecule has 1 aromatic heterocycles. The molecule has 4 aromatic rings. The first kappa shape index (κ1) is 26.9. The summed E-state index contributed by atoms with van der Waals surface area (Å²) in [6.45, 7) is 3.34. The van der Waals surface area contributed by atoms with Crippen molar-refractivity contribution in [3.8, 4) is 23.3 Å². The molecular weight excluding hydrogens is 526 g/mol. The van der Waals surface area contributed by atoms with Crippen molar-refractivity contribution in [2.24, 2.45) is 0 Å². The number of nitriles is 1. The van der Waals surface area contributed by atoms with Gasteiger partial charge >= 0.3 is 0 Å². The number of nitrogens with one attached hydrogen (secondary N) is 1. The van der Waals surface area contributed by atoms with E-state index in [9.17, 15) is 18.5 Å². The molecule has 0 aliphatic heterocycles. The Balaban J connectivity index is 1.69. The highest BCUT2D eigenvalue weighted by atomic mass is 32.2. The van der Waals surface area contributed by atoms with Crippen LogP contribution in [0.5, 0.6) is 17.2 Å². The minimum atomic E-state index is -3.41. The van der Waals surface area contributed by atoms with Gasteiger partial charge in [0.05, 0.1) is 46.7 Å². The molecule has 3 aromatic carbocycles. The van der Waals surface area contributed by atoms with E-state index in [4.69, 9.17) is 14.2 Å². The fraction of sp³-hybridized carbons (Fsp3) is 0.222. The number of benzene rings is 3. The normalized spacial score (nSPS) is 12.0. The number of aryl methyl sites for hydroxylation is 1. The number of thiazole rings is 1. The largest absolute Gasteiger partial charge is 0.493 e. The molecule has 4 rings (SSSR count). The molecule has 9 nitrogen and oxygen atoms in total.